The molecule has 15 heavy (non-hydrogen) atoms. The summed E-state index contributed by atoms with van der Waals surface area (Å²) in [6.45, 7) is 4.12. The molecule has 1 amide bonds. The van der Waals surface area contributed by atoms with Gasteiger partial charge in [0.25, 0.3) is 0 Å². The third-order valence-corrected chi connectivity index (χ3v) is 3.76. The van der Waals surface area contributed by atoms with E-state index in [9.17, 15) is 4.79 Å². The molecule has 1 aliphatic rings. The zero-order valence-corrected chi connectivity index (χ0v) is 10.5. The molecule has 1 aliphatic carbocycles. The van der Waals surface area contributed by atoms with E-state index in [-0.39, 0.29) is 11.8 Å². The van der Waals surface area contributed by atoms with Crippen molar-refractivity contribution < 1.29 is 4.79 Å². The molecule has 0 saturated heterocycles. The van der Waals surface area contributed by atoms with E-state index in [1.807, 2.05) is 25.1 Å². The summed E-state index contributed by atoms with van der Waals surface area (Å²) in [7, 11) is 0. The summed E-state index contributed by atoms with van der Waals surface area (Å²) in [5.74, 6) is 0.944. The van der Waals surface area contributed by atoms with Gasteiger partial charge in [-0.1, -0.05) is 22.9 Å². The first kappa shape index (κ1) is 10.7. The molecule has 0 aliphatic heterocycles. The van der Waals surface area contributed by atoms with E-state index >= 15 is 0 Å². The lowest BCUT2D eigenvalue weighted by molar-refractivity contribution is -0.117. The highest BCUT2D eigenvalue weighted by molar-refractivity contribution is 9.10. The Balaban J connectivity index is 2.04. The Morgan fingerprint density at radius 2 is 2.20 bits per heavy atom. The molecular weight excluding hydrogens is 254 g/mol. The second kappa shape index (κ2) is 3.97. The Hall–Kier alpha value is -0.830. The molecule has 0 unspecified atom stereocenters. The highest BCUT2D eigenvalue weighted by atomic mass is 79.9. The van der Waals surface area contributed by atoms with Crippen LogP contribution < -0.4 is 5.32 Å². The molecule has 2 nitrogen and oxygen atoms in total. The van der Waals surface area contributed by atoms with E-state index in [4.69, 9.17) is 0 Å². The zero-order valence-electron chi connectivity index (χ0n) is 8.88. The van der Waals surface area contributed by atoms with E-state index in [1.54, 1.807) is 0 Å². The van der Waals surface area contributed by atoms with Crippen LogP contribution in [0.1, 0.15) is 18.9 Å². The molecule has 0 heterocycles. The highest BCUT2D eigenvalue weighted by Crippen LogP contribution is 2.38. The predicted molar refractivity (Wildman–Crippen MR) is 64.8 cm³/mol. The van der Waals surface area contributed by atoms with E-state index in [0.717, 1.165) is 22.1 Å². The van der Waals surface area contributed by atoms with Crippen LogP contribution in [-0.4, -0.2) is 5.91 Å². The minimum absolute atomic E-state index is 0.157. The maximum Gasteiger partial charge on any atom is 0.227 e. The first-order chi connectivity index (χ1) is 7.08. The second-order valence-corrected chi connectivity index (χ2v) is 5.13. The molecule has 1 aromatic carbocycles. The maximum atomic E-state index is 11.7. The van der Waals surface area contributed by atoms with Gasteiger partial charge in [0, 0.05) is 16.1 Å². The fraction of sp³-hybridized carbons (Fsp3) is 0.417. The number of amides is 1. The van der Waals surface area contributed by atoms with Gasteiger partial charge in [-0.05, 0) is 43.0 Å². The number of halogens is 1. The molecule has 1 aromatic rings. The average molecular weight is 268 g/mol. The normalized spacial score (nSPS) is 23.7. The zero-order chi connectivity index (χ0) is 11.0. The minimum Gasteiger partial charge on any atom is -0.326 e. The van der Waals surface area contributed by atoms with Crippen molar-refractivity contribution in [1.29, 1.82) is 0 Å². The van der Waals surface area contributed by atoms with Crippen molar-refractivity contribution in [3.05, 3.63) is 28.2 Å². The van der Waals surface area contributed by atoms with Gasteiger partial charge in [-0.15, -0.1) is 0 Å². The topological polar surface area (TPSA) is 29.1 Å². The number of anilines is 1. The number of nitrogens with one attached hydrogen (secondary N) is 1. The van der Waals surface area contributed by atoms with Crippen LogP contribution in [0.5, 0.6) is 0 Å². The first-order valence-corrected chi connectivity index (χ1v) is 5.94. The Labute approximate surface area is 98.2 Å². The molecule has 1 N–H and O–H groups in total. The molecule has 0 aromatic heterocycles. The van der Waals surface area contributed by atoms with Crippen molar-refractivity contribution in [1.82, 2.24) is 0 Å². The first-order valence-electron chi connectivity index (χ1n) is 5.15. The van der Waals surface area contributed by atoms with Crippen LogP contribution in [0, 0.1) is 18.8 Å². The van der Waals surface area contributed by atoms with Gasteiger partial charge in [-0.2, -0.15) is 0 Å². The lowest BCUT2D eigenvalue weighted by Gasteiger charge is -2.06. The molecule has 2 atom stereocenters. The molecule has 3 heteroatoms. The number of rotatable bonds is 2. The van der Waals surface area contributed by atoms with Crippen molar-refractivity contribution in [2.75, 3.05) is 5.32 Å². The predicted octanol–water partition coefficient (Wildman–Crippen LogP) is 3.35. The molecule has 1 fully saturated rings. The Kier molecular flexibility index (Phi) is 2.83. The van der Waals surface area contributed by atoms with Crippen LogP contribution in [0.4, 0.5) is 5.69 Å². The average Bonchev–Trinajstić information content (AvgIpc) is 2.89. The van der Waals surface area contributed by atoms with Gasteiger partial charge < -0.3 is 5.32 Å². The number of benzene rings is 1. The minimum atomic E-state index is 0.157. The second-order valence-electron chi connectivity index (χ2n) is 4.27. The largest absolute Gasteiger partial charge is 0.326 e. The van der Waals surface area contributed by atoms with Crippen LogP contribution in [0.3, 0.4) is 0 Å². The molecule has 0 radical (unpaired) electrons. The summed E-state index contributed by atoms with van der Waals surface area (Å²) in [6, 6.07) is 5.86. The van der Waals surface area contributed by atoms with E-state index in [0.29, 0.717) is 5.92 Å². The highest BCUT2D eigenvalue weighted by Gasteiger charge is 2.38. The van der Waals surface area contributed by atoms with Crippen LogP contribution in [0.2, 0.25) is 0 Å². The Bertz CT molecular complexity index is 403. The fourth-order valence-corrected chi connectivity index (χ4v) is 1.89. The lowest BCUT2D eigenvalue weighted by atomic mass is 10.2. The summed E-state index contributed by atoms with van der Waals surface area (Å²) in [5.41, 5.74) is 2.02. The van der Waals surface area contributed by atoms with Gasteiger partial charge in [-0.25, -0.2) is 0 Å². The summed E-state index contributed by atoms with van der Waals surface area (Å²) in [4.78, 5) is 11.7. The quantitative estimate of drug-likeness (QED) is 0.875. The molecule has 0 bridgehead atoms. The maximum absolute atomic E-state index is 11.7. The molecular formula is C12H14BrNO. The SMILES string of the molecule is Cc1cc(NC(=O)[C@H]2C[C@@H]2C)ccc1Br. The summed E-state index contributed by atoms with van der Waals surface area (Å²) >= 11 is 3.43. The van der Waals surface area contributed by atoms with Gasteiger partial charge in [-0.3, -0.25) is 4.79 Å². The standard InChI is InChI=1S/C12H14BrNO/c1-7-6-10(7)12(15)14-9-3-4-11(13)8(2)5-9/h3-5,7,10H,6H2,1-2H3,(H,14,15)/t7-,10-/m0/s1. The van der Waals surface area contributed by atoms with Crippen molar-refractivity contribution >= 4 is 27.5 Å². The number of carbonyl (C=O) groups is 1. The van der Waals surface area contributed by atoms with Crippen molar-refractivity contribution in [2.24, 2.45) is 11.8 Å². The molecule has 1 saturated carbocycles. The number of hydrogen-bond donors (Lipinski definition) is 1. The van der Waals surface area contributed by atoms with Crippen LogP contribution in [-0.2, 0) is 4.79 Å². The van der Waals surface area contributed by atoms with E-state index < -0.39 is 0 Å². The lowest BCUT2D eigenvalue weighted by Crippen LogP contribution is -2.14. The van der Waals surface area contributed by atoms with Gasteiger partial charge in [0.15, 0.2) is 0 Å². The van der Waals surface area contributed by atoms with Crippen molar-refractivity contribution in [3.63, 3.8) is 0 Å². The van der Waals surface area contributed by atoms with Crippen molar-refractivity contribution in [2.45, 2.75) is 20.3 Å². The molecule has 2 rings (SSSR count). The molecule has 0 spiro atoms. The van der Waals surface area contributed by atoms with Gasteiger partial charge >= 0.3 is 0 Å². The number of hydrogen-bond acceptors (Lipinski definition) is 1. The van der Waals surface area contributed by atoms with Crippen LogP contribution >= 0.6 is 15.9 Å². The monoisotopic (exact) mass is 267 g/mol. The third kappa shape index (κ3) is 2.40. The van der Waals surface area contributed by atoms with Crippen molar-refractivity contribution in [3.8, 4) is 0 Å². The van der Waals surface area contributed by atoms with E-state index in [1.165, 1.54) is 0 Å². The van der Waals surface area contributed by atoms with Gasteiger partial charge in [0.2, 0.25) is 5.91 Å². The van der Waals surface area contributed by atoms with Gasteiger partial charge in [0.1, 0.15) is 0 Å². The molecule has 80 valence electrons. The number of aryl methyl sites for hydroxylation is 1. The van der Waals surface area contributed by atoms with Crippen LogP contribution in [0.25, 0.3) is 0 Å². The number of carbonyl (C=O) groups excluding carboxylic acids is 1. The smallest absolute Gasteiger partial charge is 0.227 e. The third-order valence-electron chi connectivity index (χ3n) is 2.87. The van der Waals surface area contributed by atoms with Gasteiger partial charge in [0.05, 0.1) is 0 Å². The Morgan fingerprint density at radius 1 is 1.53 bits per heavy atom. The Morgan fingerprint density at radius 3 is 2.73 bits per heavy atom. The summed E-state index contributed by atoms with van der Waals surface area (Å²) < 4.78 is 1.07. The fourth-order valence-electron chi connectivity index (χ4n) is 1.64. The summed E-state index contributed by atoms with van der Waals surface area (Å²) in [5, 5.41) is 2.94. The van der Waals surface area contributed by atoms with Crippen LogP contribution in [0.15, 0.2) is 22.7 Å². The van der Waals surface area contributed by atoms with E-state index in [2.05, 4.69) is 28.2 Å². The summed E-state index contributed by atoms with van der Waals surface area (Å²) in [6.07, 6.45) is 1.03.